The third-order valence-corrected chi connectivity index (χ3v) is 4.37. The van der Waals surface area contributed by atoms with E-state index in [1.807, 2.05) is 18.2 Å². The molecule has 1 fully saturated rings. The highest BCUT2D eigenvalue weighted by molar-refractivity contribution is 7.99. The van der Waals surface area contributed by atoms with E-state index in [4.69, 9.17) is 15.7 Å². The molecular formula is C15H23N3O2S. The molecule has 0 aliphatic carbocycles. The molecule has 21 heavy (non-hydrogen) atoms. The third-order valence-electron chi connectivity index (χ3n) is 3.43. The summed E-state index contributed by atoms with van der Waals surface area (Å²) in [4.78, 5) is 3.29. The van der Waals surface area contributed by atoms with Crippen molar-refractivity contribution in [1.29, 1.82) is 0 Å². The average Bonchev–Trinajstić information content (AvgIpc) is 2.45. The van der Waals surface area contributed by atoms with Gasteiger partial charge in [0.15, 0.2) is 5.84 Å². The molecule has 116 valence electrons. The summed E-state index contributed by atoms with van der Waals surface area (Å²) in [6, 6.07) is 6.06. The van der Waals surface area contributed by atoms with E-state index in [0.717, 1.165) is 35.0 Å². The number of nitrogens with zero attached hydrogens (tertiary/aromatic N) is 2. The third kappa shape index (κ3) is 3.63. The monoisotopic (exact) mass is 309 g/mol. The van der Waals surface area contributed by atoms with E-state index >= 15 is 0 Å². The van der Waals surface area contributed by atoms with Crippen molar-refractivity contribution in [2.45, 2.75) is 37.9 Å². The SMILES string of the molecule is CCSc1cccc(N2CC(C)OC(C)C2)c1/C(N)=N/O. The van der Waals surface area contributed by atoms with Gasteiger partial charge in [-0.05, 0) is 31.7 Å². The number of morpholine rings is 1. The van der Waals surface area contributed by atoms with E-state index in [2.05, 4.69) is 30.8 Å². The number of anilines is 1. The molecule has 1 aliphatic rings. The normalized spacial score (nSPS) is 23.4. The van der Waals surface area contributed by atoms with Crippen molar-refractivity contribution >= 4 is 23.3 Å². The maximum Gasteiger partial charge on any atom is 0.173 e. The topological polar surface area (TPSA) is 71.1 Å². The minimum Gasteiger partial charge on any atom is -0.409 e. The summed E-state index contributed by atoms with van der Waals surface area (Å²) in [6.45, 7) is 7.83. The molecule has 2 rings (SSSR count). The summed E-state index contributed by atoms with van der Waals surface area (Å²) in [7, 11) is 0. The zero-order valence-electron chi connectivity index (χ0n) is 12.7. The number of oxime groups is 1. The van der Waals surface area contributed by atoms with Gasteiger partial charge in [0.25, 0.3) is 0 Å². The van der Waals surface area contributed by atoms with Crippen molar-refractivity contribution in [3.63, 3.8) is 0 Å². The molecule has 2 unspecified atom stereocenters. The molecule has 6 heteroatoms. The fourth-order valence-electron chi connectivity index (χ4n) is 2.74. The van der Waals surface area contributed by atoms with Crippen molar-refractivity contribution in [1.82, 2.24) is 0 Å². The van der Waals surface area contributed by atoms with Gasteiger partial charge in [0.05, 0.1) is 17.8 Å². The second-order valence-corrected chi connectivity index (χ2v) is 6.54. The van der Waals surface area contributed by atoms with Crippen LogP contribution in [0, 0.1) is 0 Å². The van der Waals surface area contributed by atoms with E-state index in [0.29, 0.717) is 0 Å². The van der Waals surface area contributed by atoms with Crippen LogP contribution in [0.5, 0.6) is 0 Å². The predicted molar refractivity (Wildman–Crippen MR) is 87.6 cm³/mol. The van der Waals surface area contributed by atoms with Gasteiger partial charge in [0.2, 0.25) is 0 Å². The van der Waals surface area contributed by atoms with Gasteiger partial charge >= 0.3 is 0 Å². The number of hydrogen-bond acceptors (Lipinski definition) is 5. The first-order valence-electron chi connectivity index (χ1n) is 7.20. The largest absolute Gasteiger partial charge is 0.409 e. The fraction of sp³-hybridized carbons (Fsp3) is 0.533. The van der Waals surface area contributed by atoms with Crippen LogP contribution >= 0.6 is 11.8 Å². The molecule has 3 N–H and O–H groups in total. The van der Waals surface area contributed by atoms with Gasteiger partial charge in [-0.3, -0.25) is 0 Å². The van der Waals surface area contributed by atoms with Gasteiger partial charge in [-0.25, -0.2) is 0 Å². The molecule has 5 nitrogen and oxygen atoms in total. The van der Waals surface area contributed by atoms with Gasteiger partial charge < -0.3 is 20.6 Å². The Hall–Kier alpha value is -1.40. The van der Waals surface area contributed by atoms with Crippen molar-refractivity contribution in [3.8, 4) is 0 Å². The first-order chi connectivity index (χ1) is 10.1. The number of nitrogens with two attached hydrogens (primary N) is 1. The lowest BCUT2D eigenvalue weighted by Gasteiger charge is -2.38. The lowest BCUT2D eigenvalue weighted by Crippen LogP contribution is -2.46. The quantitative estimate of drug-likeness (QED) is 0.294. The minimum absolute atomic E-state index is 0.161. The van der Waals surface area contributed by atoms with E-state index in [9.17, 15) is 0 Å². The molecule has 0 radical (unpaired) electrons. The summed E-state index contributed by atoms with van der Waals surface area (Å²) in [5.41, 5.74) is 7.75. The van der Waals surface area contributed by atoms with Crippen LogP contribution in [0.15, 0.2) is 28.3 Å². The maximum absolute atomic E-state index is 9.12. The van der Waals surface area contributed by atoms with Crippen LogP contribution in [0.25, 0.3) is 0 Å². The zero-order valence-corrected chi connectivity index (χ0v) is 13.6. The lowest BCUT2D eigenvalue weighted by molar-refractivity contribution is -0.00523. The molecule has 1 aromatic carbocycles. The second kappa shape index (κ2) is 7.04. The summed E-state index contributed by atoms with van der Waals surface area (Å²) >= 11 is 1.70. The molecule has 2 atom stereocenters. The Labute approximate surface area is 130 Å². The highest BCUT2D eigenvalue weighted by atomic mass is 32.2. The molecule has 1 aliphatic heterocycles. The number of hydrogen-bond donors (Lipinski definition) is 2. The molecule has 1 saturated heterocycles. The Morgan fingerprint density at radius 3 is 2.67 bits per heavy atom. The molecular weight excluding hydrogens is 286 g/mol. The smallest absolute Gasteiger partial charge is 0.173 e. The molecule has 0 bridgehead atoms. The van der Waals surface area contributed by atoms with Crippen LogP contribution in [-0.2, 0) is 4.74 Å². The minimum atomic E-state index is 0.161. The van der Waals surface area contributed by atoms with Crippen LogP contribution in [0.1, 0.15) is 26.3 Å². The van der Waals surface area contributed by atoms with E-state index in [1.54, 1.807) is 11.8 Å². The number of rotatable bonds is 4. The van der Waals surface area contributed by atoms with E-state index in [-0.39, 0.29) is 18.0 Å². The summed E-state index contributed by atoms with van der Waals surface area (Å²) in [6.07, 6.45) is 0.327. The number of amidine groups is 1. The highest BCUT2D eigenvalue weighted by Gasteiger charge is 2.25. The molecule has 1 heterocycles. The molecule has 0 spiro atoms. The van der Waals surface area contributed by atoms with Gasteiger partial charge in [-0.15, -0.1) is 11.8 Å². The fourth-order valence-corrected chi connectivity index (χ4v) is 3.58. The van der Waals surface area contributed by atoms with Crippen molar-refractivity contribution in [3.05, 3.63) is 23.8 Å². The average molecular weight is 309 g/mol. The molecule has 0 saturated carbocycles. The predicted octanol–water partition coefficient (Wildman–Crippen LogP) is 2.51. The number of benzene rings is 1. The van der Waals surface area contributed by atoms with Crippen LogP contribution in [0.3, 0.4) is 0 Å². The van der Waals surface area contributed by atoms with Gasteiger partial charge in [0, 0.05) is 23.7 Å². The Morgan fingerprint density at radius 1 is 1.43 bits per heavy atom. The van der Waals surface area contributed by atoms with E-state index < -0.39 is 0 Å². The number of thioether (sulfide) groups is 1. The van der Waals surface area contributed by atoms with E-state index in [1.165, 1.54) is 0 Å². The van der Waals surface area contributed by atoms with Crippen LogP contribution in [0.2, 0.25) is 0 Å². The Morgan fingerprint density at radius 2 is 2.10 bits per heavy atom. The van der Waals surface area contributed by atoms with Gasteiger partial charge in [-0.1, -0.05) is 18.1 Å². The van der Waals surface area contributed by atoms with Crippen molar-refractivity contribution in [2.24, 2.45) is 10.9 Å². The molecule has 0 aromatic heterocycles. The Balaban J connectivity index is 2.44. The van der Waals surface area contributed by atoms with Crippen molar-refractivity contribution < 1.29 is 9.94 Å². The van der Waals surface area contributed by atoms with Crippen LogP contribution < -0.4 is 10.6 Å². The van der Waals surface area contributed by atoms with Crippen LogP contribution in [0.4, 0.5) is 5.69 Å². The molecule has 0 amide bonds. The first kappa shape index (κ1) is 16.0. The summed E-state index contributed by atoms with van der Waals surface area (Å²) in [5, 5.41) is 12.3. The Kier molecular flexibility index (Phi) is 5.36. The summed E-state index contributed by atoms with van der Waals surface area (Å²) < 4.78 is 5.78. The lowest BCUT2D eigenvalue weighted by atomic mass is 10.1. The standard InChI is InChI=1S/C15H23N3O2S/c1-4-21-13-7-5-6-12(14(13)15(16)17-19)18-8-10(2)20-11(3)9-18/h5-7,10-11,19H,4,8-9H2,1-3H3,(H2,16,17). The maximum atomic E-state index is 9.12. The van der Waals surface area contributed by atoms with Gasteiger partial charge in [-0.2, -0.15) is 0 Å². The highest BCUT2D eigenvalue weighted by Crippen LogP contribution is 2.32. The molecule has 1 aromatic rings. The zero-order chi connectivity index (χ0) is 15.4. The second-order valence-electron chi connectivity index (χ2n) is 5.23. The van der Waals surface area contributed by atoms with Crippen molar-refractivity contribution in [2.75, 3.05) is 23.7 Å². The Bertz CT molecular complexity index is 512. The number of ether oxygens (including phenoxy) is 1. The van der Waals surface area contributed by atoms with Crippen LogP contribution in [-0.4, -0.2) is 42.1 Å². The first-order valence-corrected chi connectivity index (χ1v) is 8.19. The van der Waals surface area contributed by atoms with Gasteiger partial charge in [0.1, 0.15) is 0 Å². The summed E-state index contributed by atoms with van der Waals surface area (Å²) in [5.74, 6) is 1.10.